The molecule has 258 valence electrons. The standard InChI is InChI=1S/C36H45ClN4O6S/c1-35(2)33(42)38-48(44,39-34(43)40-16-6-17-40)27-11-14-32-30(20-27)41(21-25-9-12-28(25)31(45-3)8-5-18-47-35)22-36(23-46-32)15-4-7-24-19-26(37)10-13-29(24)36/h5,8,10-11,13-14,19-20,25,28,31H,4,6-7,9,12,15-18,21-23H2,1-3H3,(H,38,39,42,43,44)/b8-5+/t25-,28+,31-,36-,48?/m0/s1. The van der Waals surface area contributed by atoms with Crippen molar-refractivity contribution in [1.82, 2.24) is 9.62 Å². The molecule has 7 rings (SSSR count). The van der Waals surface area contributed by atoms with Gasteiger partial charge in [-0.25, -0.2) is 13.7 Å². The van der Waals surface area contributed by atoms with Crippen LogP contribution in [-0.4, -0.2) is 79.3 Å². The Balaban J connectivity index is 1.36. The number of anilines is 1. The molecular weight excluding hydrogens is 652 g/mol. The van der Waals surface area contributed by atoms with Gasteiger partial charge in [-0.3, -0.25) is 4.79 Å². The fourth-order valence-electron chi connectivity index (χ4n) is 7.77. The topological polar surface area (TPSA) is 110 Å². The van der Waals surface area contributed by atoms with Crippen LogP contribution in [0.15, 0.2) is 57.8 Å². The molecule has 12 heteroatoms. The van der Waals surface area contributed by atoms with Gasteiger partial charge in [0.05, 0.1) is 29.9 Å². The van der Waals surface area contributed by atoms with Crippen molar-refractivity contribution in [2.24, 2.45) is 16.2 Å². The molecule has 0 aromatic heterocycles. The zero-order chi connectivity index (χ0) is 33.7. The van der Waals surface area contributed by atoms with Gasteiger partial charge in [-0.05, 0) is 106 Å². The van der Waals surface area contributed by atoms with Gasteiger partial charge >= 0.3 is 6.03 Å². The van der Waals surface area contributed by atoms with E-state index < -0.39 is 27.5 Å². The molecule has 2 bridgehead atoms. The molecule has 48 heavy (non-hydrogen) atoms. The number of ether oxygens (including phenoxy) is 3. The van der Waals surface area contributed by atoms with E-state index in [-0.39, 0.29) is 23.0 Å². The number of nitrogens with one attached hydrogen (secondary N) is 1. The van der Waals surface area contributed by atoms with Gasteiger partial charge in [0.25, 0.3) is 5.91 Å². The molecule has 3 heterocycles. The minimum Gasteiger partial charge on any atom is -0.490 e. The molecule has 1 unspecified atom stereocenters. The number of nitrogens with zero attached hydrogens (tertiary/aromatic N) is 3. The summed E-state index contributed by atoms with van der Waals surface area (Å²) < 4.78 is 40.4. The Labute approximate surface area is 288 Å². The van der Waals surface area contributed by atoms with Crippen molar-refractivity contribution >= 4 is 39.1 Å². The van der Waals surface area contributed by atoms with Crippen molar-refractivity contribution in [3.63, 3.8) is 0 Å². The Morgan fingerprint density at radius 1 is 1.15 bits per heavy atom. The SMILES string of the molecule is CO[C@H]1/C=C/COC(C)(C)C(=O)N=S(=O)(NC(=O)N2CCC2)c2ccc3c(c2)N(C[C@@H]2CC[C@H]21)C[C@@]1(CCCc2cc(Cl)ccc21)CO3. The van der Waals surface area contributed by atoms with Crippen molar-refractivity contribution in [3.8, 4) is 5.75 Å². The molecule has 1 saturated carbocycles. The lowest BCUT2D eigenvalue weighted by Crippen LogP contribution is -2.50. The third-order valence-corrected chi connectivity index (χ3v) is 12.9. The van der Waals surface area contributed by atoms with Gasteiger partial charge in [0.15, 0.2) is 9.92 Å². The summed E-state index contributed by atoms with van der Waals surface area (Å²) in [6.07, 6.45) is 9.71. The Kier molecular flexibility index (Phi) is 9.02. The average Bonchev–Trinajstić information content (AvgIpc) is 3.16. The van der Waals surface area contributed by atoms with Crippen LogP contribution < -0.4 is 14.4 Å². The number of benzene rings is 2. The second kappa shape index (κ2) is 13.0. The maximum absolute atomic E-state index is 14.9. The lowest BCUT2D eigenvalue weighted by atomic mass is 9.68. The van der Waals surface area contributed by atoms with Crippen LogP contribution in [0.3, 0.4) is 0 Å². The molecular formula is C36H45ClN4O6S. The number of aryl methyl sites for hydroxylation is 1. The van der Waals surface area contributed by atoms with E-state index in [0.717, 1.165) is 55.8 Å². The fourth-order valence-corrected chi connectivity index (χ4v) is 9.58. The van der Waals surface area contributed by atoms with Gasteiger partial charge in [0, 0.05) is 43.7 Å². The lowest BCUT2D eigenvalue weighted by molar-refractivity contribution is -0.137. The summed E-state index contributed by atoms with van der Waals surface area (Å²) in [5.74, 6) is 0.584. The summed E-state index contributed by atoms with van der Waals surface area (Å²) in [6.45, 7) is 6.38. The second-order valence-electron chi connectivity index (χ2n) is 14.4. The number of halogens is 1. The summed E-state index contributed by atoms with van der Waals surface area (Å²) in [4.78, 5) is 31.1. The summed E-state index contributed by atoms with van der Waals surface area (Å²) in [7, 11) is -2.02. The highest BCUT2D eigenvalue weighted by molar-refractivity contribution is 7.92. The van der Waals surface area contributed by atoms with Crippen LogP contribution in [0.25, 0.3) is 0 Å². The van der Waals surface area contributed by atoms with Crippen molar-refractivity contribution in [2.45, 2.75) is 74.4 Å². The van der Waals surface area contributed by atoms with E-state index in [1.165, 1.54) is 11.1 Å². The van der Waals surface area contributed by atoms with Crippen LogP contribution in [-0.2, 0) is 36.0 Å². The van der Waals surface area contributed by atoms with E-state index in [1.54, 1.807) is 44.1 Å². The number of methoxy groups -OCH3 is 1. The number of hydrogen-bond donors (Lipinski definition) is 1. The largest absolute Gasteiger partial charge is 0.490 e. The van der Waals surface area contributed by atoms with Crippen LogP contribution in [0.5, 0.6) is 5.75 Å². The summed E-state index contributed by atoms with van der Waals surface area (Å²) in [5.41, 5.74) is 1.61. The van der Waals surface area contributed by atoms with E-state index in [2.05, 4.69) is 26.1 Å². The quantitative estimate of drug-likeness (QED) is 0.390. The van der Waals surface area contributed by atoms with Crippen LogP contribution >= 0.6 is 11.6 Å². The van der Waals surface area contributed by atoms with Crippen LogP contribution in [0, 0.1) is 11.8 Å². The second-order valence-corrected chi connectivity index (χ2v) is 16.7. The molecule has 2 aliphatic carbocycles. The highest BCUT2D eigenvalue weighted by Gasteiger charge is 2.45. The number of urea groups is 1. The summed E-state index contributed by atoms with van der Waals surface area (Å²) >= 11 is 6.46. The minimum atomic E-state index is -3.76. The normalized spacial score (nSPS) is 31.9. The fraction of sp³-hybridized carbons (Fsp3) is 0.556. The van der Waals surface area contributed by atoms with E-state index >= 15 is 0 Å². The number of amides is 3. The first-order valence-corrected chi connectivity index (χ1v) is 18.9. The smallest absolute Gasteiger partial charge is 0.330 e. The van der Waals surface area contributed by atoms with E-state index in [1.807, 2.05) is 18.2 Å². The van der Waals surface area contributed by atoms with Crippen molar-refractivity contribution in [3.05, 3.63) is 64.7 Å². The summed E-state index contributed by atoms with van der Waals surface area (Å²) in [5, 5.41) is 0.733. The van der Waals surface area contributed by atoms with Gasteiger partial charge in [-0.15, -0.1) is 4.36 Å². The van der Waals surface area contributed by atoms with Crippen molar-refractivity contribution < 1.29 is 28.0 Å². The van der Waals surface area contributed by atoms with Crippen LogP contribution in [0.2, 0.25) is 5.02 Å². The maximum Gasteiger partial charge on any atom is 0.330 e. The minimum absolute atomic E-state index is 0.0975. The molecule has 3 amide bonds. The molecule has 0 radical (unpaired) electrons. The number of likely N-dealkylation sites (tertiary alicyclic amines) is 1. The molecule has 1 saturated heterocycles. The Hall–Kier alpha value is -3.12. The Bertz CT molecular complexity index is 1750. The lowest BCUT2D eigenvalue weighted by Gasteiger charge is -2.46. The zero-order valence-electron chi connectivity index (χ0n) is 27.9. The van der Waals surface area contributed by atoms with Gasteiger partial charge in [0.2, 0.25) is 0 Å². The third kappa shape index (κ3) is 6.23. The molecule has 2 aromatic rings. The van der Waals surface area contributed by atoms with Crippen molar-refractivity contribution in [1.29, 1.82) is 0 Å². The summed E-state index contributed by atoms with van der Waals surface area (Å²) in [6, 6.07) is 11.0. The molecule has 1 N–H and O–H groups in total. The highest BCUT2D eigenvalue weighted by Crippen LogP contribution is 2.47. The molecule has 2 fully saturated rings. The monoisotopic (exact) mass is 696 g/mol. The first-order valence-electron chi connectivity index (χ1n) is 17.0. The molecule has 3 aliphatic heterocycles. The first-order chi connectivity index (χ1) is 23.0. The molecule has 5 atom stereocenters. The number of hydrogen-bond acceptors (Lipinski definition) is 7. The maximum atomic E-state index is 14.9. The molecule has 5 aliphatic rings. The number of carbonyl (C=O) groups excluding carboxylic acids is 2. The van der Waals surface area contributed by atoms with E-state index in [0.29, 0.717) is 43.8 Å². The third-order valence-electron chi connectivity index (χ3n) is 10.9. The Morgan fingerprint density at radius 2 is 1.98 bits per heavy atom. The predicted molar refractivity (Wildman–Crippen MR) is 185 cm³/mol. The van der Waals surface area contributed by atoms with Gasteiger partial charge in [-0.1, -0.05) is 29.8 Å². The van der Waals surface area contributed by atoms with E-state index in [4.69, 9.17) is 25.8 Å². The van der Waals surface area contributed by atoms with Crippen LogP contribution in [0.1, 0.15) is 57.1 Å². The highest BCUT2D eigenvalue weighted by atomic mass is 35.5. The number of rotatable bonds is 2. The first kappa shape index (κ1) is 33.4. The van der Waals surface area contributed by atoms with E-state index in [9.17, 15) is 13.8 Å². The Morgan fingerprint density at radius 3 is 2.71 bits per heavy atom. The van der Waals surface area contributed by atoms with Crippen LogP contribution in [0.4, 0.5) is 10.5 Å². The van der Waals surface area contributed by atoms with Gasteiger partial charge in [0.1, 0.15) is 11.4 Å². The zero-order valence-corrected chi connectivity index (χ0v) is 29.5. The van der Waals surface area contributed by atoms with Crippen molar-refractivity contribution in [2.75, 3.05) is 51.4 Å². The molecule has 2 aromatic carbocycles. The number of carbonyl (C=O) groups is 2. The van der Waals surface area contributed by atoms with Gasteiger partial charge in [-0.2, -0.15) is 0 Å². The predicted octanol–water partition coefficient (Wildman–Crippen LogP) is 5.90. The molecule has 10 nitrogen and oxygen atoms in total. The molecule has 1 spiro atoms. The van der Waals surface area contributed by atoms with Gasteiger partial charge < -0.3 is 24.0 Å². The average molecular weight is 697 g/mol. The number of fused-ring (bicyclic) bond motifs is 4.